The Morgan fingerprint density at radius 2 is 1.68 bits per heavy atom. The molecule has 1 aromatic rings. The molecule has 4 nitrogen and oxygen atoms in total. The van der Waals surface area contributed by atoms with Gasteiger partial charge in [0, 0.05) is 26.2 Å². The molecule has 1 aliphatic heterocycles. The molecular formula is C14H22N2O2S. The van der Waals surface area contributed by atoms with Gasteiger partial charge in [0.15, 0.2) is 0 Å². The topological polar surface area (TPSA) is 49.4 Å². The molecule has 0 bridgehead atoms. The van der Waals surface area contributed by atoms with Gasteiger partial charge in [0.2, 0.25) is 10.0 Å². The lowest BCUT2D eigenvalue weighted by Crippen LogP contribution is -2.57. The van der Waals surface area contributed by atoms with Crippen molar-refractivity contribution in [3.8, 4) is 0 Å². The molecule has 19 heavy (non-hydrogen) atoms. The second-order valence-electron chi connectivity index (χ2n) is 6.11. The van der Waals surface area contributed by atoms with Gasteiger partial charge < -0.3 is 5.32 Å². The highest BCUT2D eigenvalue weighted by molar-refractivity contribution is 7.89. The van der Waals surface area contributed by atoms with E-state index in [-0.39, 0.29) is 11.5 Å². The van der Waals surface area contributed by atoms with E-state index in [4.69, 9.17) is 0 Å². The first-order chi connectivity index (χ1) is 8.73. The van der Waals surface area contributed by atoms with Crippen molar-refractivity contribution in [3.05, 3.63) is 29.8 Å². The lowest BCUT2D eigenvalue weighted by atomic mass is 9.87. The Morgan fingerprint density at radius 1 is 1.16 bits per heavy atom. The van der Waals surface area contributed by atoms with Gasteiger partial charge in [-0.1, -0.05) is 32.9 Å². The molecule has 0 amide bonds. The second kappa shape index (κ2) is 4.89. The zero-order chi connectivity index (χ0) is 14.3. The molecule has 0 radical (unpaired) electrons. The van der Waals surface area contributed by atoms with Gasteiger partial charge in [0.05, 0.1) is 4.90 Å². The van der Waals surface area contributed by atoms with E-state index in [0.717, 1.165) is 18.7 Å². The number of nitrogens with zero attached hydrogens (tertiary/aromatic N) is 1. The first kappa shape index (κ1) is 14.5. The molecule has 0 aromatic heterocycles. The third-order valence-electron chi connectivity index (χ3n) is 3.67. The SMILES string of the molecule is CN(C1CNC1)S(=O)(=O)c1ccc(C(C)(C)C)cc1. The summed E-state index contributed by atoms with van der Waals surface area (Å²) in [4.78, 5) is 0.370. The van der Waals surface area contributed by atoms with Crippen molar-refractivity contribution in [2.75, 3.05) is 20.1 Å². The summed E-state index contributed by atoms with van der Waals surface area (Å²) in [5.74, 6) is 0. The first-order valence-electron chi connectivity index (χ1n) is 6.52. The Balaban J connectivity index is 2.26. The molecule has 0 spiro atoms. The average molecular weight is 282 g/mol. The monoisotopic (exact) mass is 282 g/mol. The maximum absolute atomic E-state index is 12.4. The van der Waals surface area contributed by atoms with E-state index in [1.54, 1.807) is 19.2 Å². The molecule has 1 fully saturated rings. The predicted molar refractivity (Wildman–Crippen MR) is 76.7 cm³/mol. The molecule has 0 atom stereocenters. The minimum Gasteiger partial charge on any atom is -0.313 e. The van der Waals surface area contributed by atoms with E-state index in [1.165, 1.54) is 4.31 Å². The minimum atomic E-state index is -3.37. The van der Waals surface area contributed by atoms with Crippen LogP contribution in [0.4, 0.5) is 0 Å². The average Bonchev–Trinajstić information content (AvgIpc) is 2.25. The fourth-order valence-corrected chi connectivity index (χ4v) is 3.37. The van der Waals surface area contributed by atoms with E-state index < -0.39 is 10.0 Å². The lowest BCUT2D eigenvalue weighted by molar-refractivity contribution is 0.274. The van der Waals surface area contributed by atoms with Gasteiger partial charge in [0.1, 0.15) is 0 Å². The van der Waals surface area contributed by atoms with Crippen LogP contribution in [0, 0.1) is 0 Å². The van der Waals surface area contributed by atoms with Gasteiger partial charge in [-0.05, 0) is 23.1 Å². The molecule has 1 heterocycles. The molecule has 1 aliphatic rings. The number of hydrogen-bond donors (Lipinski definition) is 1. The largest absolute Gasteiger partial charge is 0.313 e. The molecule has 106 valence electrons. The standard InChI is InChI=1S/C14H22N2O2S/c1-14(2,3)11-5-7-13(8-6-11)19(17,18)16(4)12-9-15-10-12/h5-8,12,15H,9-10H2,1-4H3. The molecule has 5 heteroatoms. The summed E-state index contributed by atoms with van der Waals surface area (Å²) in [5.41, 5.74) is 1.17. The van der Waals surface area contributed by atoms with Crippen LogP contribution in [0.3, 0.4) is 0 Å². The van der Waals surface area contributed by atoms with E-state index >= 15 is 0 Å². The van der Waals surface area contributed by atoms with Crippen LogP contribution in [0.15, 0.2) is 29.2 Å². The third-order valence-corrected chi connectivity index (χ3v) is 5.60. The Hall–Kier alpha value is -0.910. The summed E-state index contributed by atoms with van der Waals surface area (Å²) < 4.78 is 26.3. The highest BCUT2D eigenvalue weighted by atomic mass is 32.2. The molecule has 1 saturated heterocycles. The fourth-order valence-electron chi connectivity index (χ4n) is 2.02. The zero-order valence-corrected chi connectivity index (χ0v) is 12.8. The van der Waals surface area contributed by atoms with Crippen LogP contribution in [-0.2, 0) is 15.4 Å². The summed E-state index contributed by atoms with van der Waals surface area (Å²) >= 11 is 0. The van der Waals surface area contributed by atoms with Crippen molar-refractivity contribution < 1.29 is 8.42 Å². The molecular weight excluding hydrogens is 260 g/mol. The Kier molecular flexibility index (Phi) is 3.73. The van der Waals surface area contributed by atoms with Crippen molar-refractivity contribution >= 4 is 10.0 Å². The Labute approximate surface area is 115 Å². The number of hydrogen-bond acceptors (Lipinski definition) is 3. The Bertz CT molecular complexity index is 540. The number of benzene rings is 1. The molecule has 0 saturated carbocycles. The van der Waals surface area contributed by atoms with Gasteiger partial charge in [-0.15, -0.1) is 0 Å². The summed E-state index contributed by atoms with van der Waals surface area (Å²) in [5, 5.41) is 3.09. The van der Waals surface area contributed by atoms with E-state index in [1.807, 2.05) is 12.1 Å². The normalized spacial score (nSPS) is 17.5. The van der Waals surface area contributed by atoms with Crippen LogP contribution >= 0.6 is 0 Å². The molecule has 1 aromatic carbocycles. The van der Waals surface area contributed by atoms with Gasteiger partial charge >= 0.3 is 0 Å². The van der Waals surface area contributed by atoms with Crippen molar-refractivity contribution in [1.29, 1.82) is 0 Å². The summed E-state index contributed by atoms with van der Waals surface area (Å²) in [6.07, 6.45) is 0. The number of sulfonamides is 1. The number of likely N-dealkylation sites (N-methyl/N-ethyl adjacent to an activating group) is 1. The Morgan fingerprint density at radius 3 is 2.05 bits per heavy atom. The summed E-state index contributed by atoms with van der Waals surface area (Å²) in [6.45, 7) is 7.81. The van der Waals surface area contributed by atoms with Crippen LogP contribution in [0.2, 0.25) is 0 Å². The quantitative estimate of drug-likeness (QED) is 0.915. The summed E-state index contributed by atoms with van der Waals surface area (Å²) in [6, 6.07) is 7.29. The van der Waals surface area contributed by atoms with E-state index in [9.17, 15) is 8.42 Å². The predicted octanol–water partition coefficient (Wildman–Crippen LogP) is 1.58. The van der Waals surface area contributed by atoms with Crippen molar-refractivity contribution in [2.24, 2.45) is 0 Å². The maximum Gasteiger partial charge on any atom is 0.243 e. The van der Waals surface area contributed by atoms with Crippen LogP contribution in [0.25, 0.3) is 0 Å². The third kappa shape index (κ3) is 2.83. The fraction of sp³-hybridized carbons (Fsp3) is 0.571. The highest BCUT2D eigenvalue weighted by Gasteiger charge is 2.31. The van der Waals surface area contributed by atoms with Crippen LogP contribution in [0.1, 0.15) is 26.3 Å². The lowest BCUT2D eigenvalue weighted by Gasteiger charge is -2.34. The highest BCUT2D eigenvalue weighted by Crippen LogP contribution is 2.25. The zero-order valence-electron chi connectivity index (χ0n) is 12.0. The van der Waals surface area contributed by atoms with Crippen LogP contribution in [-0.4, -0.2) is 38.9 Å². The van der Waals surface area contributed by atoms with Crippen molar-refractivity contribution in [1.82, 2.24) is 9.62 Å². The van der Waals surface area contributed by atoms with Gasteiger partial charge in [-0.2, -0.15) is 4.31 Å². The molecule has 1 N–H and O–H groups in total. The van der Waals surface area contributed by atoms with Crippen molar-refractivity contribution in [3.63, 3.8) is 0 Å². The minimum absolute atomic E-state index is 0.0338. The second-order valence-corrected chi connectivity index (χ2v) is 8.11. The van der Waals surface area contributed by atoms with E-state index in [0.29, 0.717) is 4.90 Å². The first-order valence-corrected chi connectivity index (χ1v) is 7.96. The van der Waals surface area contributed by atoms with E-state index in [2.05, 4.69) is 26.1 Å². The van der Waals surface area contributed by atoms with Gasteiger partial charge in [0.25, 0.3) is 0 Å². The smallest absolute Gasteiger partial charge is 0.243 e. The summed E-state index contributed by atoms with van der Waals surface area (Å²) in [7, 11) is -1.72. The van der Waals surface area contributed by atoms with Gasteiger partial charge in [-0.3, -0.25) is 0 Å². The van der Waals surface area contributed by atoms with Crippen LogP contribution < -0.4 is 5.32 Å². The van der Waals surface area contributed by atoms with Crippen LogP contribution in [0.5, 0.6) is 0 Å². The number of rotatable bonds is 3. The van der Waals surface area contributed by atoms with Crippen molar-refractivity contribution in [2.45, 2.75) is 37.1 Å². The molecule has 2 rings (SSSR count). The molecule has 0 aliphatic carbocycles. The number of nitrogens with one attached hydrogen (secondary N) is 1. The molecule has 0 unspecified atom stereocenters. The van der Waals surface area contributed by atoms with Gasteiger partial charge in [-0.25, -0.2) is 8.42 Å². The maximum atomic E-state index is 12.4.